The molecule has 0 aliphatic rings. The lowest BCUT2D eigenvalue weighted by atomic mass is 9.86. The molecule has 0 aromatic rings. The Morgan fingerprint density at radius 3 is 2.17 bits per heavy atom. The van der Waals surface area contributed by atoms with Crippen LogP contribution in [0.3, 0.4) is 0 Å². The molecule has 5 nitrogen and oxygen atoms in total. The zero-order chi connectivity index (χ0) is 14.5. The van der Waals surface area contributed by atoms with E-state index in [4.69, 9.17) is 10.5 Å². The van der Waals surface area contributed by atoms with E-state index in [9.17, 15) is 9.59 Å². The standard InChI is InChI=1S/C13H26N2O3/c1-7-8(2)9(12(17)18-6)15-11(16)10(14)13(3,4)5/h8-10H,7,14H2,1-6H3,(H,15,16)/t8?,9?,10-/m0/s1. The smallest absolute Gasteiger partial charge is 0.328 e. The SMILES string of the molecule is CCC(C)C(NC(=O)[C@H](N)C(C)(C)C)C(=O)OC. The second-order valence-corrected chi connectivity index (χ2v) is 5.74. The van der Waals surface area contributed by atoms with Gasteiger partial charge in [-0.3, -0.25) is 4.79 Å². The van der Waals surface area contributed by atoms with Crippen LogP contribution in [0.2, 0.25) is 0 Å². The Morgan fingerprint density at radius 2 is 1.83 bits per heavy atom. The highest BCUT2D eigenvalue weighted by Gasteiger charge is 2.32. The number of carbonyl (C=O) groups is 2. The molecule has 18 heavy (non-hydrogen) atoms. The Kier molecular flexibility index (Phi) is 6.32. The van der Waals surface area contributed by atoms with E-state index in [1.54, 1.807) is 0 Å². The van der Waals surface area contributed by atoms with Crippen molar-refractivity contribution in [2.75, 3.05) is 7.11 Å². The lowest BCUT2D eigenvalue weighted by molar-refractivity contribution is -0.147. The lowest BCUT2D eigenvalue weighted by Gasteiger charge is -2.29. The van der Waals surface area contributed by atoms with Gasteiger partial charge in [-0.15, -0.1) is 0 Å². The lowest BCUT2D eigenvalue weighted by Crippen LogP contribution is -2.55. The van der Waals surface area contributed by atoms with Gasteiger partial charge in [0, 0.05) is 0 Å². The number of ether oxygens (including phenoxy) is 1. The second-order valence-electron chi connectivity index (χ2n) is 5.74. The van der Waals surface area contributed by atoms with Crippen LogP contribution in [0.4, 0.5) is 0 Å². The van der Waals surface area contributed by atoms with Crippen LogP contribution in [-0.2, 0) is 14.3 Å². The van der Waals surface area contributed by atoms with Gasteiger partial charge >= 0.3 is 5.97 Å². The van der Waals surface area contributed by atoms with Gasteiger partial charge in [0.2, 0.25) is 5.91 Å². The molecule has 0 heterocycles. The van der Waals surface area contributed by atoms with Crippen LogP contribution in [0.5, 0.6) is 0 Å². The third kappa shape index (κ3) is 4.64. The molecule has 2 unspecified atom stereocenters. The Labute approximate surface area is 109 Å². The normalized spacial score (nSPS) is 16.6. The van der Waals surface area contributed by atoms with Crippen molar-refractivity contribution >= 4 is 11.9 Å². The van der Waals surface area contributed by atoms with E-state index in [1.165, 1.54) is 7.11 Å². The zero-order valence-electron chi connectivity index (χ0n) is 12.2. The number of rotatable bonds is 5. The fourth-order valence-corrected chi connectivity index (χ4v) is 1.43. The van der Waals surface area contributed by atoms with Gasteiger partial charge in [0.15, 0.2) is 0 Å². The maximum atomic E-state index is 12.0. The second kappa shape index (κ2) is 6.73. The van der Waals surface area contributed by atoms with Gasteiger partial charge in [-0.25, -0.2) is 4.79 Å². The minimum absolute atomic E-state index is 0.00793. The maximum Gasteiger partial charge on any atom is 0.328 e. The van der Waals surface area contributed by atoms with Crippen LogP contribution in [0.25, 0.3) is 0 Å². The molecule has 3 atom stereocenters. The van der Waals surface area contributed by atoms with Crippen molar-refractivity contribution < 1.29 is 14.3 Å². The van der Waals surface area contributed by atoms with Crippen LogP contribution in [0, 0.1) is 11.3 Å². The first kappa shape index (κ1) is 16.9. The van der Waals surface area contributed by atoms with Crippen molar-refractivity contribution in [1.29, 1.82) is 0 Å². The fraction of sp³-hybridized carbons (Fsp3) is 0.846. The van der Waals surface area contributed by atoms with Crippen LogP contribution >= 0.6 is 0 Å². The number of carbonyl (C=O) groups excluding carboxylic acids is 2. The molecule has 0 aliphatic heterocycles. The first-order valence-electron chi connectivity index (χ1n) is 6.28. The molecule has 1 amide bonds. The van der Waals surface area contributed by atoms with E-state index in [1.807, 2.05) is 34.6 Å². The zero-order valence-corrected chi connectivity index (χ0v) is 12.2. The molecule has 106 valence electrons. The maximum absolute atomic E-state index is 12.0. The number of esters is 1. The highest BCUT2D eigenvalue weighted by molar-refractivity contribution is 5.88. The molecule has 5 heteroatoms. The summed E-state index contributed by atoms with van der Waals surface area (Å²) in [5.74, 6) is -0.745. The van der Waals surface area contributed by atoms with Gasteiger partial charge in [0.25, 0.3) is 0 Å². The van der Waals surface area contributed by atoms with Crippen LogP contribution in [0.15, 0.2) is 0 Å². The highest BCUT2D eigenvalue weighted by atomic mass is 16.5. The molecular weight excluding hydrogens is 232 g/mol. The van der Waals surface area contributed by atoms with Crippen LogP contribution in [0.1, 0.15) is 41.0 Å². The average Bonchev–Trinajstić information content (AvgIpc) is 2.31. The average molecular weight is 258 g/mol. The summed E-state index contributed by atoms with van der Waals surface area (Å²) in [6.07, 6.45) is 0.769. The van der Waals surface area contributed by atoms with E-state index in [0.717, 1.165) is 6.42 Å². The number of nitrogens with two attached hydrogens (primary N) is 1. The largest absolute Gasteiger partial charge is 0.467 e. The van der Waals surface area contributed by atoms with Crippen molar-refractivity contribution in [2.24, 2.45) is 17.1 Å². The molecule has 0 fully saturated rings. The van der Waals surface area contributed by atoms with Gasteiger partial charge in [-0.1, -0.05) is 41.0 Å². The van der Waals surface area contributed by atoms with Gasteiger partial charge in [0.1, 0.15) is 6.04 Å². The predicted molar refractivity (Wildman–Crippen MR) is 70.8 cm³/mol. The quantitative estimate of drug-likeness (QED) is 0.723. The summed E-state index contributed by atoms with van der Waals surface area (Å²) < 4.78 is 4.71. The summed E-state index contributed by atoms with van der Waals surface area (Å²) in [6.45, 7) is 9.50. The van der Waals surface area contributed by atoms with Crippen molar-refractivity contribution in [2.45, 2.75) is 53.1 Å². The fourth-order valence-electron chi connectivity index (χ4n) is 1.43. The van der Waals surface area contributed by atoms with Gasteiger partial charge in [-0.2, -0.15) is 0 Å². The molecule has 0 spiro atoms. The molecule has 0 aromatic carbocycles. The number of methoxy groups -OCH3 is 1. The molecule has 0 aliphatic carbocycles. The first-order chi connectivity index (χ1) is 8.15. The number of hydrogen-bond acceptors (Lipinski definition) is 4. The Morgan fingerprint density at radius 1 is 1.33 bits per heavy atom. The van der Waals surface area contributed by atoms with Crippen molar-refractivity contribution in [3.05, 3.63) is 0 Å². The molecular formula is C13H26N2O3. The van der Waals surface area contributed by atoms with E-state index in [-0.39, 0.29) is 17.2 Å². The van der Waals surface area contributed by atoms with Gasteiger partial charge in [-0.05, 0) is 11.3 Å². The van der Waals surface area contributed by atoms with Crippen LogP contribution < -0.4 is 11.1 Å². The topological polar surface area (TPSA) is 81.4 Å². The Bertz CT molecular complexity index is 297. The predicted octanol–water partition coefficient (Wildman–Crippen LogP) is 1.06. The summed E-state index contributed by atoms with van der Waals surface area (Å²) >= 11 is 0. The number of hydrogen-bond donors (Lipinski definition) is 2. The van der Waals surface area contributed by atoms with E-state index < -0.39 is 18.1 Å². The first-order valence-corrected chi connectivity index (χ1v) is 6.28. The molecule has 0 radical (unpaired) electrons. The Hall–Kier alpha value is -1.10. The molecule has 0 saturated carbocycles. The minimum Gasteiger partial charge on any atom is -0.467 e. The minimum atomic E-state index is -0.659. The third-order valence-corrected chi connectivity index (χ3v) is 3.18. The summed E-state index contributed by atoms with van der Waals surface area (Å²) in [7, 11) is 1.31. The number of nitrogens with one attached hydrogen (secondary N) is 1. The van der Waals surface area contributed by atoms with Crippen molar-refractivity contribution in [1.82, 2.24) is 5.32 Å². The monoisotopic (exact) mass is 258 g/mol. The third-order valence-electron chi connectivity index (χ3n) is 3.18. The van der Waals surface area contributed by atoms with Crippen molar-refractivity contribution in [3.8, 4) is 0 Å². The van der Waals surface area contributed by atoms with Gasteiger partial charge in [0.05, 0.1) is 13.2 Å². The number of amides is 1. The highest BCUT2D eigenvalue weighted by Crippen LogP contribution is 2.18. The molecule has 0 bridgehead atoms. The van der Waals surface area contributed by atoms with Crippen LogP contribution in [-0.4, -0.2) is 31.1 Å². The molecule has 3 N–H and O–H groups in total. The Balaban J connectivity index is 4.79. The molecule has 0 rings (SSSR count). The molecule has 0 aromatic heterocycles. The summed E-state index contributed by atoms with van der Waals surface area (Å²) in [4.78, 5) is 23.6. The summed E-state index contributed by atoms with van der Waals surface area (Å²) in [5.41, 5.74) is 5.51. The summed E-state index contributed by atoms with van der Waals surface area (Å²) in [5, 5.41) is 2.69. The van der Waals surface area contributed by atoms with E-state index >= 15 is 0 Å². The van der Waals surface area contributed by atoms with Crippen molar-refractivity contribution in [3.63, 3.8) is 0 Å². The van der Waals surface area contributed by atoms with E-state index in [0.29, 0.717) is 0 Å². The van der Waals surface area contributed by atoms with Gasteiger partial charge < -0.3 is 15.8 Å². The van der Waals surface area contributed by atoms with E-state index in [2.05, 4.69) is 5.32 Å². The summed E-state index contributed by atoms with van der Waals surface area (Å²) in [6, 6.07) is -1.30. The molecule has 0 saturated heterocycles.